The molecule has 0 aliphatic heterocycles. The first kappa shape index (κ1) is 24.5. The summed E-state index contributed by atoms with van der Waals surface area (Å²) in [5.74, 6) is -4.38. The minimum atomic E-state index is -1.64. The molecule has 0 radical (unpaired) electrons. The number of rotatable bonds is 8. The molecule has 26 heavy (non-hydrogen) atoms. The van der Waals surface area contributed by atoms with Crippen LogP contribution < -0.4 is 16.4 Å². The summed E-state index contributed by atoms with van der Waals surface area (Å²) in [6.45, 7) is 5.90. The first-order valence-corrected chi connectivity index (χ1v) is 8.20. The van der Waals surface area contributed by atoms with Crippen molar-refractivity contribution in [2.75, 3.05) is 11.9 Å². The molecule has 1 aromatic rings. The maximum atomic E-state index is 13.5. The van der Waals surface area contributed by atoms with Crippen LogP contribution in [0.2, 0.25) is 0 Å². The standard InChI is InChI=1S/C17H25F3N4O.HI/c1-10(2)5-4-6-11(3)23-17(21)22-9-14(25)24-13-8-7-12(18)15(19)16(13)20;/h7-8,10-11H,4-6,9H2,1-3H3,(H,24,25)(H3,21,22,23);1H. The van der Waals surface area contributed by atoms with E-state index >= 15 is 0 Å². The van der Waals surface area contributed by atoms with Crippen molar-refractivity contribution in [2.24, 2.45) is 16.6 Å². The Hall–Kier alpha value is -1.52. The number of nitrogens with two attached hydrogens (primary N) is 1. The summed E-state index contributed by atoms with van der Waals surface area (Å²) in [6.07, 6.45) is 3.08. The van der Waals surface area contributed by atoms with Crippen LogP contribution in [0.3, 0.4) is 0 Å². The second-order valence-corrected chi connectivity index (χ2v) is 6.34. The van der Waals surface area contributed by atoms with Crippen LogP contribution in [-0.4, -0.2) is 24.5 Å². The summed E-state index contributed by atoms with van der Waals surface area (Å²) in [7, 11) is 0. The number of guanidine groups is 1. The van der Waals surface area contributed by atoms with Gasteiger partial charge < -0.3 is 16.4 Å². The number of carbonyl (C=O) groups excluding carboxylic acids is 1. The van der Waals surface area contributed by atoms with Crippen molar-refractivity contribution in [3.63, 3.8) is 0 Å². The van der Waals surface area contributed by atoms with Crippen LogP contribution in [0, 0.1) is 23.4 Å². The molecule has 1 atom stereocenters. The maximum absolute atomic E-state index is 13.5. The number of anilines is 1. The Labute approximate surface area is 169 Å². The molecule has 0 aliphatic rings. The molecular formula is C17H26F3IN4O. The molecule has 1 rings (SSSR count). The molecule has 0 heterocycles. The Kier molecular flexibility index (Phi) is 11.3. The van der Waals surface area contributed by atoms with Gasteiger partial charge >= 0.3 is 0 Å². The molecule has 0 aromatic heterocycles. The lowest BCUT2D eigenvalue weighted by Gasteiger charge is -2.15. The monoisotopic (exact) mass is 486 g/mol. The summed E-state index contributed by atoms with van der Waals surface area (Å²) >= 11 is 0. The molecule has 0 bridgehead atoms. The van der Waals surface area contributed by atoms with Gasteiger partial charge in [-0.15, -0.1) is 24.0 Å². The Morgan fingerprint density at radius 1 is 1.15 bits per heavy atom. The van der Waals surface area contributed by atoms with Gasteiger partial charge in [-0.1, -0.05) is 26.7 Å². The molecule has 148 valence electrons. The van der Waals surface area contributed by atoms with Crippen molar-refractivity contribution in [1.29, 1.82) is 0 Å². The molecular weight excluding hydrogens is 460 g/mol. The lowest BCUT2D eigenvalue weighted by atomic mass is 10.0. The van der Waals surface area contributed by atoms with E-state index in [1.54, 1.807) is 0 Å². The lowest BCUT2D eigenvalue weighted by molar-refractivity contribution is -0.114. The topological polar surface area (TPSA) is 79.5 Å². The Bertz CT molecular complexity index is 626. The molecule has 0 fully saturated rings. The highest BCUT2D eigenvalue weighted by molar-refractivity contribution is 14.0. The fourth-order valence-corrected chi connectivity index (χ4v) is 2.17. The number of hydrogen-bond donors (Lipinski definition) is 3. The van der Waals surface area contributed by atoms with E-state index in [2.05, 4.69) is 29.5 Å². The largest absolute Gasteiger partial charge is 0.370 e. The molecule has 0 spiro atoms. The molecule has 0 saturated carbocycles. The van der Waals surface area contributed by atoms with Gasteiger partial charge in [0, 0.05) is 6.04 Å². The van der Waals surface area contributed by atoms with Gasteiger partial charge in [0.2, 0.25) is 5.91 Å². The highest BCUT2D eigenvalue weighted by Crippen LogP contribution is 2.19. The number of nitrogens with zero attached hydrogens (tertiary/aromatic N) is 1. The van der Waals surface area contributed by atoms with E-state index in [-0.39, 0.29) is 42.5 Å². The molecule has 1 amide bonds. The zero-order chi connectivity index (χ0) is 19.0. The molecule has 9 heteroatoms. The van der Waals surface area contributed by atoms with Gasteiger partial charge in [-0.25, -0.2) is 18.2 Å². The first-order valence-electron chi connectivity index (χ1n) is 8.20. The van der Waals surface area contributed by atoms with E-state index in [4.69, 9.17) is 5.73 Å². The SMILES string of the molecule is CC(C)CCCC(C)NC(N)=NCC(=O)Nc1ccc(F)c(F)c1F.I. The van der Waals surface area contributed by atoms with E-state index in [1.807, 2.05) is 6.92 Å². The predicted molar refractivity (Wildman–Crippen MR) is 108 cm³/mol. The summed E-state index contributed by atoms with van der Waals surface area (Å²) in [5.41, 5.74) is 5.25. The molecule has 0 aliphatic carbocycles. The number of amides is 1. The van der Waals surface area contributed by atoms with Crippen LogP contribution in [0.1, 0.15) is 40.0 Å². The normalized spacial score (nSPS) is 12.5. The van der Waals surface area contributed by atoms with Gasteiger partial charge in [-0.2, -0.15) is 0 Å². The second kappa shape index (κ2) is 12.0. The van der Waals surface area contributed by atoms with E-state index in [0.717, 1.165) is 31.4 Å². The van der Waals surface area contributed by atoms with Gasteiger partial charge in [0.15, 0.2) is 23.4 Å². The van der Waals surface area contributed by atoms with Crippen molar-refractivity contribution < 1.29 is 18.0 Å². The Balaban J connectivity index is 0.00000625. The van der Waals surface area contributed by atoms with E-state index < -0.39 is 29.0 Å². The van der Waals surface area contributed by atoms with E-state index in [0.29, 0.717) is 5.92 Å². The van der Waals surface area contributed by atoms with Gasteiger partial charge in [-0.05, 0) is 31.4 Å². The molecule has 1 aromatic carbocycles. The smallest absolute Gasteiger partial charge is 0.246 e. The fourth-order valence-electron chi connectivity index (χ4n) is 2.17. The van der Waals surface area contributed by atoms with Crippen LogP contribution in [0.4, 0.5) is 18.9 Å². The number of carbonyl (C=O) groups is 1. The van der Waals surface area contributed by atoms with Crippen molar-refractivity contribution in [3.8, 4) is 0 Å². The summed E-state index contributed by atoms with van der Waals surface area (Å²) in [5, 5.41) is 5.09. The highest BCUT2D eigenvalue weighted by atomic mass is 127. The van der Waals surface area contributed by atoms with Gasteiger partial charge in [0.1, 0.15) is 6.54 Å². The average Bonchev–Trinajstić information content (AvgIpc) is 2.53. The van der Waals surface area contributed by atoms with Crippen molar-refractivity contribution in [1.82, 2.24) is 5.32 Å². The van der Waals surface area contributed by atoms with Crippen molar-refractivity contribution >= 4 is 41.5 Å². The third kappa shape index (κ3) is 8.72. The number of hydrogen-bond acceptors (Lipinski definition) is 2. The van der Waals surface area contributed by atoms with Gasteiger partial charge in [0.05, 0.1) is 5.69 Å². The predicted octanol–water partition coefficient (Wildman–Crippen LogP) is 3.78. The van der Waals surface area contributed by atoms with E-state index in [9.17, 15) is 18.0 Å². The van der Waals surface area contributed by atoms with Crippen LogP contribution in [0.25, 0.3) is 0 Å². The Morgan fingerprint density at radius 2 is 1.81 bits per heavy atom. The number of halogens is 4. The zero-order valence-electron chi connectivity index (χ0n) is 15.1. The maximum Gasteiger partial charge on any atom is 0.246 e. The van der Waals surface area contributed by atoms with E-state index in [1.165, 1.54) is 0 Å². The third-order valence-corrected chi connectivity index (χ3v) is 3.52. The summed E-state index contributed by atoms with van der Waals surface area (Å²) in [4.78, 5) is 15.6. The summed E-state index contributed by atoms with van der Waals surface area (Å²) in [6, 6.07) is 1.77. The van der Waals surface area contributed by atoms with Gasteiger partial charge in [0.25, 0.3) is 0 Å². The highest BCUT2D eigenvalue weighted by Gasteiger charge is 2.15. The minimum absolute atomic E-state index is 0. The average molecular weight is 486 g/mol. The molecule has 4 N–H and O–H groups in total. The number of nitrogens with one attached hydrogen (secondary N) is 2. The molecule has 5 nitrogen and oxygen atoms in total. The first-order chi connectivity index (χ1) is 11.7. The Morgan fingerprint density at radius 3 is 2.42 bits per heavy atom. The third-order valence-electron chi connectivity index (χ3n) is 3.52. The lowest BCUT2D eigenvalue weighted by Crippen LogP contribution is -2.39. The van der Waals surface area contributed by atoms with Crippen LogP contribution in [0.15, 0.2) is 17.1 Å². The van der Waals surface area contributed by atoms with Crippen molar-refractivity contribution in [2.45, 2.75) is 46.1 Å². The van der Waals surface area contributed by atoms with Crippen LogP contribution in [0.5, 0.6) is 0 Å². The number of benzene rings is 1. The quantitative estimate of drug-likeness (QED) is 0.227. The van der Waals surface area contributed by atoms with Crippen LogP contribution in [-0.2, 0) is 4.79 Å². The van der Waals surface area contributed by atoms with Gasteiger partial charge in [-0.3, -0.25) is 4.79 Å². The molecule has 1 unspecified atom stereocenters. The molecule has 0 saturated heterocycles. The fraction of sp³-hybridized carbons (Fsp3) is 0.529. The van der Waals surface area contributed by atoms with Crippen molar-refractivity contribution in [3.05, 3.63) is 29.6 Å². The minimum Gasteiger partial charge on any atom is -0.370 e. The number of aliphatic imine (C=N–C) groups is 1. The second-order valence-electron chi connectivity index (χ2n) is 6.34. The zero-order valence-corrected chi connectivity index (χ0v) is 17.4. The van der Waals surface area contributed by atoms with Crippen LogP contribution >= 0.6 is 24.0 Å². The summed E-state index contributed by atoms with van der Waals surface area (Å²) < 4.78 is 39.4.